The molecular formula is C21H25F2NO. The molecule has 0 bridgehead atoms. The van der Waals surface area contributed by atoms with Crippen LogP contribution in [0, 0.1) is 17.6 Å². The zero-order valence-corrected chi connectivity index (χ0v) is 15.2. The molecule has 134 valence electrons. The lowest BCUT2D eigenvalue weighted by Crippen LogP contribution is -2.31. The molecule has 0 saturated heterocycles. The molecule has 0 aliphatic heterocycles. The van der Waals surface area contributed by atoms with Crippen molar-refractivity contribution in [3.63, 3.8) is 0 Å². The first-order valence-corrected chi connectivity index (χ1v) is 8.56. The summed E-state index contributed by atoms with van der Waals surface area (Å²) in [6.07, 6.45) is 0.995. The minimum Gasteiger partial charge on any atom is -0.341 e. The average molecular weight is 345 g/mol. The number of likely N-dealkylation sites (N-methyl/N-ethyl adjacent to an activating group) is 1. The minimum absolute atomic E-state index is 0.0853. The van der Waals surface area contributed by atoms with E-state index in [1.165, 1.54) is 28.7 Å². The summed E-state index contributed by atoms with van der Waals surface area (Å²) in [4.78, 5) is 14.0. The molecule has 2 rings (SSSR count). The number of rotatable bonds is 6. The molecule has 1 atom stereocenters. The van der Waals surface area contributed by atoms with Crippen molar-refractivity contribution in [2.45, 2.75) is 39.7 Å². The molecule has 0 aromatic heterocycles. The Hall–Kier alpha value is -2.23. The van der Waals surface area contributed by atoms with Crippen LogP contribution in [0.5, 0.6) is 0 Å². The number of hydrogen-bond acceptors (Lipinski definition) is 1. The number of carbonyl (C=O) groups excluding carboxylic acids is 1. The molecule has 2 aromatic carbocycles. The molecule has 0 fully saturated rings. The minimum atomic E-state index is -0.634. The van der Waals surface area contributed by atoms with Gasteiger partial charge in [0.1, 0.15) is 11.6 Å². The van der Waals surface area contributed by atoms with Crippen LogP contribution in [0.1, 0.15) is 43.4 Å². The predicted octanol–water partition coefficient (Wildman–Crippen LogP) is 4.93. The Balaban J connectivity index is 2.08. The van der Waals surface area contributed by atoms with Crippen LogP contribution in [0.25, 0.3) is 0 Å². The smallest absolute Gasteiger partial charge is 0.229 e. The van der Waals surface area contributed by atoms with E-state index in [0.717, 1.165) is 12.0 Å². The van der Waals surface area contributed by atoms with Gasteiger partial charge in [-0.3, -0.25) is 4.79 Å². The summed E-state index contributed by atoms with van der Waals surface area (Å²) in [6.45, 7) is 6.05. The lowest BCUT2D eigenvalue weighted by Gasteiger charge is -2.22. The Bertz CT molecular complexity index is 705. The molecule has 0 spiro atoms. The molecule has 1 amide bonds. The van der Waals surface area contributed by atoms with Crippen LogP contribution >= 0.6 is 0 Å². The SMILES string of the molecule is CC(C)Cc1ccc(C(C)C(=O)N(C)Cc2c(F)cccc2F)cc1. The highest BCUT2D eigenvalue weighted by molar-refractivity contribution is 5.83. The molecule has 4 heteroatoms. The monoisotopic (exact) mass is 345 g/mol. The fourth-order valence-corrected chi connectivity index (χ4v) is 2.89. The molecule has 2 aromatic rings. The van der Waals surface area contributed by atoms with E-state index in [1.807, 2.05) is 31.2 Å². The average Bonchev–Trinajstić information content (AvgIpc) is 2.57. The van der Waals surface area contributed by atoms with Crippen molar-refractivity contribution < 1.29 is 13.6 Å². The van der Waals surface area contributed by atoms with Crippen LogP contribution in [0.2, 0.25) is 0 Å². The van der Waals surface area contributed by atoms with Crippen LogP contribution < -0.4 is 0 Å². The van der Waals surface area contributed by atoms with Gasteiger partial charge in [-0.1, -0.05) is 44.2 Å². The summed E-state index contributed by atoms with van der Waals surface area (Å²) in [5.41, 5.74) is 2.05. The van der Waals surface area contributed by atoms with Crippen LogP contribution in [0.4, 0.5) is 8.78 Å². The van der Waals surface area contributed by atoms with Gasteiger partial charge in [0.2, 0.25) is 5.91 Å². The zero-order valence-electron chi connectivity index (χ0n) is 15.2. The Labute approximate surface area is 148 Å². The highest BCUT2D eigenvalue weighted by Crippen LogP contribution is 2.21. The molecule has 25 heavy (non-hydrogen) atoms. The van der Waals surface area contributed by atoms with Gasteiger partial charge in [-0.15, -0.1) is 0 Å². The number of halogens is 2. The highest BCUT2D eigenvalue weighted by atomic mass is 19.1. The second-order valence-corrected chi connectivity index (χ2v) is 6.96. The maximum atomic E-state index is 13.8. The van der Waals surface area contributed by atoms with Gasteiger partial charge >= 0.3 is 0 Å². The fraction of sp³-hybridized carbons (Fsp3) is 0.381. The second-order valence-electron chi connectivity index (χ2n) is 6.96. The van der Waals surface area contributed by atoms with Gasteiger partial charge in [0, 0.05) is 12.6 Å². The van der Waals surface area contributed by atoms with Gasteiger partial charge in [-0.2, -0.15) is 0 Å². The van der Waals surface area contributed by atoms with Gasteiger partial charge in [0.25, 0.3) is 0 Å². The Morgan fingerprint density at radius 3 is 2.08 bits per heavy atom. The van der Waals surface area contributed by atoms with E-state index < -0.39 is 11.6 Å². The number of amides is 1. The number of benzene rings is 2. The molecule has 0 aliphatic carbocycles. The van der Waals surface area contributed by atoms with Crippen LogP contribution in [-0.4, -0.2) is 17.9 Å². The molecule has 0 radical (unpaired) electrons. The summed E-state index contributed by atoms with van der Waals surface area (Å²) in [6, 6.07) is 11.7. The first-order valence-electron chi connectivity index (χ1n) is 8.56. The third kappa shape index (κ3) is 4.88. The third-order valence-electron chi connectivity index (χ3n) is 4.33. The van der Waals surface area contributed by atoms with E-state index in [9.17, 15) is 13.6 Å². The van der Waals surface area contributed by atoms with Crippen molar-refractivity contribution in [2.24, 2.45) is 5.92 Å². The largest absolute Gasteiger partial charge is 0.341 e. The summed E-state index contributed by atoms with van der Waals surface area (Å²) in [5, 5.41) is 0. The maximum Gasteiger partial charge on any atom is 0.229 e. The van der Waals surface area contributed by atoms with E-state index in [-0.39, 0.29) is 23.9 Å². The van der Waals surface area contributed by atoms with Gasteiger partial charge in [0.05, 0.1) is 12.5 Å². The van der Waals surface area contributed by atoms with Gasteiger partial charge in [-0.25, -0.2) is 8.78 Å². The lowest BCUT2D eigenvalue weighted by atomic mass is 9.96. The number of hydrogen-bond donors (Lipinski definition) is 0. The van der Waals surface area contributed by atoms with Crippen molar-refractivity contribution in [1.29, 1.82) is 0 Å². The molecule has 1 unspecified atom stereocenters. The van der Waals surface area contributed by atoms with E-state index in [0.29, 0.717) is 5.92 Å². The van der Waals surface area contributed by atoms with E-state index in [2.05, 4.69) is 13.8 Å². The molecule has 0 heterocycles. The molecule has 0 N–H and O–H groups in total. The predicted molar refractivity (Wildman–Crippen MR) is 96.2 cm³/mol. The third-order valence-corrected chi connectivity index (χ3v) is 4.33. The first kappa shape index (κ1) is 19.1. The Morgan fingerprint density at radius 1 is 1.00 bits per heavy atom. The maximum absolute atomic E-state index is 13.8. The fourth-order valence-electron chi connectivity index (χ4n) is 2.89. The highest BCUT2D eigenvalue weighted by Gasteiger charge is 2.21. The standard InChI is InChI=1S/C21H25F2NO/c1-14(2)12-16-8-10-17(11-9-16)15(3)21(25)24(4)13-18-19(22)6-5-7-20(18)23/h5-11,14-15H,12-13H2,1-4H3. The van der Waals surface area contributed by atoms with Gasteiger partial charge < -0.3 is 4.90 Å². The lowest BCUT2D eigenvalue weighted by molar-refractivity contribution is -0.131. The van der Waals surface area contributed by atoms with Crippen molar-refractivity contribution in [3.05, 3.63) is 70.8 Å². The van der Waals surface area contributed by atoms with Crippen molar-refractivity contribution in [1.82, 2.24) is 4.90 Å². The summed E-state index contributed by atoms with van der Waals surface area (Å²) < 4.78 is 27.5. The first-order chi connectivity index (χ1) is 11.8. The van der Waals surface area contributed by atoms with E-state index in [4.69, 9.17) is 0 Å². The second kappa shape index (κ2) is 8.24. The van der Waals surface area contributed by atoms with Crippen molar-refractivity contribution in [3.8, 4) is 0 Å². The summed E-state index contributed by atoms with van der Waals surface area (Å²) in [7, 11) is 1.57. The summed E-state index contributed by atoms with van der Waals surface area (Å²) in [5.74, 6) is -1.23. The van der Waals surface area contributed by atoms with E-state index in [1.54, 1.807) is 7.05 Å². The molecule has 0 saturated carbocycles. The molecule has 2 nitrogen and oxygen atoms in total. The van der Waals surface area contributed by atoms with Crippen molar-refractivity contribution in [2.75, 3.05) is 7.05 Å². The zero-order chi connectivity index (χ0) is 18.6. The number of carbonyl (C=O) groups is 1. The Morgan fingerprint density at radius 2 is 1.56 bits per heavy atom. The Kier molecular flexibility index (Phi) is 6.29. The normalized spacial score (nSPS) is 12.3. The quantitative estimate of drug-likeness (QED) is 0.727. The van der Waals surface area contributed by atoms with Crippen LogP contribution in [0.15, 0.2) is 42.5 Å². The van der Waals surface area contributed by atoms with Gasteiger partial charge in [0.15, 0.2) is 0 Å². The topological polar surface area (TPSA) is 20.3 Å². The van der Waals surface area contributed by atoms with Gasteiger partial charge in [-0.05, 0) is 42.5 Å². The molecular weight excluding hydrogens is 320 g/mol. The van der Waals surface area contributed by atoms with Crippen LogP contribution in [0.3, 0.4) is 0 Å². The van der Waals surface area contributed by atoms with Crippen LogP contribution in [-0.2, 0) is 17.8 Å². The number of nitrogens with zero attached hydrogens (tertiary/aromatic N) is 1. The van der Waals surface area contributed by atoms with E-state index >= 15 is 0 Å². The molecule has 0 aliphatic rings. The van der Waals surface area contributed by atoms with Crippen molar-refractivity contribution >= 4 is 5.91 Å². The summed E-state index contributed by atoms with van der Waals surface area (Å²) >= 11 is 0.